The summed E-state index contributed by atoms with van der Waals surface area (Å²) in [4.78, 5) is 48.8. The Morgan fingerprint density at radius 3 is 1.20 bits per heavy atom. The lowest BCUT2D eigenvalue weighted by Gasteiger charge is -2.11. The summed E-state index contributed by atoms with van der Waals surface area (Å²) >= 11 is 0. The van der Waals surface area contributed by atoms with E-state index in [2.05, 4.69) is 0 Å². The van der Waals surface area contributed by atoms with Crippen LogP contribution in [-0.2, 0) is 7.05 Å². The number of nitrogens with zero attached hydrogens (tertiary/aromatic N) is 9. The van der Waals surface area contributed by atoms with Gasteiger partial charge in [0.05, 0.1) is 21.9 Å². The van der Waals surface area contributed by atoms with E-state index in [1.54, 1.807) is 4.40 Å². The lowest BCUT2D eigenvalue weighted by atomic mass is 10.1. The van der Waals surface area contributed by atoms with Gasteiger partial charge in [-0.15, -0.1) is 0 Å². The normalized spacial score (nSPS) is 11.4. The van der Waals surface area contributed by atoms with Crippen molar-refractivity contribution < 1.29 is 0 Å². The second kappa shape index (κ2) is 13.0. The largest absolute Gasteiger partial charge is 0.314 e. The van der Waals surface area contributed by atoms with Crippen LogP contribution in [-0.4, -0.2) is 43.9 Å². The molecule has 0 unspecified atom stereocenters. The van der Waals surface area contributed by atoms with Crippen LogP contribution < -0.4 is 5.56 Å². The summed E-state index contributed by atoms with van der Waals surface area (Å²) in [6.07, 6.45) is 0. The van der Waals surface area contributed by atoms with E-state index in [1.807, 2.05) is 169 Å². The number of fused-ring (bicyclic) bond motifs is 4. The number of hydrogen-bond donors (Lipinski definition) is 0. The molecular formula is C45H29N9O. The Morgan fingerprint density at radius 2 is 0.764 bits per heavy atom. The maximum absolute atomic E-state index is 14.6. The van der Waals surface area contributed by atoms with Crippen LogP contribution in [0.5, 0.6) is 0 Å². The maximum Gasteiger partial charge on any atom is 0.267 e. The monoisotopic (exact) mass is 711 g/mol. The van der Waals surface area contributed by atoms with Crippen molar-refractivity contribution in [2.75, 3.05) is 0 Å². The molecule has 0 amide bonds. The van der Waals surface area contributed by atoms with E-state index in [9.17, 15) is 4.79 Å². The van der Waals surface area contributed by atoms with Crippen LogP contribution in [0.1, 0.15) is 0 Å². The van der Waals surface area contributed by atoms with Gasteiger partial charge in [-0.3, -0.25) is 4.79 Å². The highest BCUT2D eigenvalue weighted by molar-refractivity contribution is 5.90. The molecule has 10 rings (SSSR count). The molecule has 0 radical (unpaired) electrons. The molecule has 0 aliphatic carbocycles. The first-order chi connectivity index (χ1) is 27.1. The minimum atomic E-state index is -0.212. The SMILES string of the molecule is Cn1c2ccc(-c3nc(-c4ccccc4)nc(-c4ccccc4)n3)cc2c(=O)n2c3cc(-c4nc(-c5ccccc5)nc(-c5ccccc5)n4)ccc3nc12. The molecule has 55 heavy (non-hydrogen) atoms. The molecule has 0 N–H and O–H groups in total. The van der Waals surface area contributed by atoms with E-state index in [0.29, 0.717) is 62.7 Å². The van der Waals surface area contributed by atoms with Gasteiger partial charge in [0.2, 0.25) is 5.78 Å². The van der Waals surface area contributed by atoms with E-state index in [0.717, 1.165) is 33.3 Å². The Hall–Kier alpha value is -7.72. The van der Waals surface area contributed by atoms with Gasteiger partial charge in [-0.05, 0) is 36.4 Å². The van der Waals surface area contributed by atoms with Crippen molar-refractivity contribution in [2.24, 2.45) is 7.05 Å². The number of rotatable bonds is 6. The summed E-state index contributed by atoms with van der Waals surface area (Å²) in [5, 5.41) is 0.498. The van der Waals surface area contributed by atoms with Gasteiger partial charge in [-0.2, -0.15) is 0 Å². The van der Waals surface area contributed by atoms with Crippen molar-refractivity contribution in [3.05, 3.63) is 168 Å². The highest BCUT2D eigenvalue weighted by Gasteiger charge is 2.19. The molecule has 10 heteroatoms. The molecular weight excluding hydrogens is 683 g/mol. The molecule has 10 aromatic rings. The zero-order chi connectivity index (χ0) is 36.9. The predicted octanol–water partition coefficient (Wildman–Crippen LogP) is 8.71. The zero-order valence-electron chi connectivity index (χ0n) is 29.4. The van der Waals surface area contributed by atoms with Gasteiger partial charge in [0, 0.05) is 40.4 Å². The highest BCUT2D eigenvalue weighted by atomic mass is 16.1. The van der Waals surface area contributed by atoms with Gasteiger partial charge in [0.1, 0.15) is 0 Å². The fourth-order valence-electron chi connectivity index (χ4n) is 6.87. The van der Waals surface area contributed by atoms with E-state index in [4.69, 9.17) is 34.9 Å². The van der Waals surface area contributed by atoms with Crippen molar-refractivity contribution in [1.82, 2.24) is 43.9 Å². The van der Waals surface area contributed by atoms with Crippen LogP contribution in [0, 0.1) is 0 Å². The Bertz CT molecular complexity index is 3000. The van der Waals surface area contributed by atoms with Crippen molar-refractivity contribution in [3.8, 4) is 68.3 Å². The number of aryl methyl sites for hydroxylation is 1. The van der Waals surface area contributed by atoms with Crippen LogP contribution in [0.2, 0.25) is 0 Å². The fourth-order valence-corrected chi connectivity index (χ4v) is 6.87. The molecule has 0 bridgehead atoms. The minimum Gasteiger partial charge on any atom is -0.314 e. The summed E-state index contributed by atoms with van der Waals surface area (Å²) < 4.78 is 3.59. The minimum absolute atomic E-state index is 0.212. The maximum atomic E-state index is 14.6. The molecule has 0 saturated carbocycles. The van der Waals surface area contributed by atoms with E-state index < -0.39 is 0 Å². The summed E-state index contributed by atoms with van der Waals surface area (Å²) in [6.45, 7) is 0. The van der Waals surface area contributed by atoms with Gasteiger partial charge >= 0.3 is 0 Å². The fraction of sp³-hybridized carbons (Fsp3) is 0.0222. The molecule has 0 atom stereocenters. The number of imidazole rings is 1. The third-order valence-corrected chi connectivity index (χ3v) is 9.64. The second-order valence-corrected chi connectivity index (χ2v) is 13.1. The molecule has 0 aliphatic rings. The van der Waals surface area contributed by atoms with Crippen LogP contribution >= 0.6 is 0 Å². The molecule has 6 aromatic carbocycles. The molecule has 10 nitrogen and oxygen atoms in total. The van der Waals surface area contributed by atoms with Gasteiger partial charge in [-0.1, -0.05) is 121 Å². The van der Waals surface area contributed by atoms with Crippen molar-refractivity contribution in [1.29, 1.82) is 0 Å². The van der Waals surface area contributed by atoms with Crippen LogP contribution in [0.4, 0.5) is 0 Å². The second-order valence-electron chi connectivity index (χ2n) is 13.1. The molecule has 4 heterocycles. The Kier molecular flexibility index (Phi) is 7.58. The number of benzene rings is 6. The van der Waals surface area contributed by atoms with Crippen molar-refractivity contribution >= 4 is 27.7 Å². The smallest absolute Gasteiger partial charge is 0.267 e. The predicted molar refractivity (Wildman–Crippen MR) is 215 cm³/mol. The first-order valence-electron chi connectivity index (χ1n) is 17.8. The third kappa shape index (κ3) is 5.69. The Morgan fingerprint density at radius 1 is 0.382 bits per heavy atom. The summed E-state index contributed by atoms with van der Waals surface area (Å²) in [5.41, 5.74) is 6.74. The van der Waals surface area contributed by atoms with Crippen LogP contribution in [0.15, 0.2) is 163 Å². The first kappa shape index (κ1) is 32.0. The topological polar surface area (TPSA) is 117 Å². The van der Waals surface area contributed by atoms with Gasteiger partial charge in [-0.25, -0.2) is 39.3 Å². The van der Waals surface area contributed by atoms with Crippen molar-refractivity contribution in [2.45, 2.75) is 0 Å². The molecule has 0 fully saturated rings. The van der Waals surface area contributed by atoms with Gasteiger partial charge in [0.15, 0.2) is 34.9 Å². The van der Waals surface area contributed by atoms with E-state index >= 15 is 0 Å². The quantitative estimate of drug-likeness (QED) is 0.168. The van der Waals surface area contributed by atoms with Crippen LogP contribution in [0.25, 0.3) is 96.0 Å². The van der Waals surface area contributed by atoms with Gasteiger partial charge in [0.25, 0.3) is 5.56 Å². The summed E-state index contributed by atoms with van der Waals surface area (Å²) in [7, 11) is 1.91. The Balaban J connectivity index is 1.15. The van der Waals surface area contributed by atoms with Crippen molar-refractivity contribution in [3.63, 3.8) is 0 Å². The third-order valence-electron chi connectivity index (χ3n) is 9.64. The molecule has 260 valence electrons. The number of aromatic nitrogens is 9. The lowest BCUT2D eigenvalue weighted by Crippen LogP contribution is -2.17. The standard InChI is InChI=1S/C45H29N9O/c1-53-36-25-23-32(42-49-38(28-14-6-2-7-15-28)47-39(50-42)29-16-8-3-9-17-29)26-34(36)44(55)54-37-27-33(22-24-35(37)46-45(53)54)43-51-40(30-18-10-4-11-19-30)48-41(52-43)31-20-12-5-13-21-31/h2-27H,1H3. The van der Waals surface area contributed by atoms with Crippen LogP contribution in [0.3, 0.4) is 0 Å². The van der Waals surface area contributed by atoms with Gasteiger partial charge < -0.3 is 4.57 Å². The zero-order valence-corrected chi connectivity index (χ0v) is 29.4. The molecule has 0 spiro atoms. The first-order valence-corrected chi connectivity index (χ1v) is 17.8. The summed E-state index contributed by atoms with van der Waals surface area (Å²) in [5.74, 6) is 3.68. The highest BCUT2D eigenvalue weighted by Crippen LogP contribution is 2.30. The molecule has 4 aromatic heterocycles. The summed E-state index contributed by atoms with van der Waals surface area (Å²) in [6, 6.07) is 50.8. The number of hydrogen-bond acceptors (Lipinski definition) is 8. The average Bonchev–Trinajstić information content (AvgIpc) is 3.66. The average molecular weight is 712 g/mol. The lowest BCUT2D eigenvalue weighted by molar-refractivity contribution is 0.921. The van der Waals surface area contributed by atoms with E-state index in [-0.39, 0.29) is 5.56 Å². The Labute approximate surface area is 314 Å². The molecule has 0 saturated heterocycles. The molecule has 0 aliphatic heterocycles. The van der Waals surface area contributed by atoms with E-state index in [1.165, 1.54) is 0 Å².